The summed E-state index contributed by atoms with van der Waals surface area (Å²) in [4.78, 5) is 0. The molecule has 112 valence electrons. The van der Waals surface area contributed by atoms with Gasteiger partial charge in [0.15, 0.2) is 0 Å². The summed E-state index contributed by atoms with van der Waals surface area (Å²) in [5.41, 5.74) is 3.90. The molecule has 0 aromatic heterocycles. The van der Waals surface area contributed by atoms with Gasteiger partial charge in [0, 0.05) is 17.6 Å². The van der Waals surface area contributed by atoms with Gasteiger partial charge in [-0.15, -0.1) is 0 Å². The van der Waals surface area contributed by atoms with Crippen LogP contribution in [0.5, 0.6) is 0 Å². The highest BCUT2D eigenvalue weighted by Gasteiger charge is 2.15. The Kier molecular flexibility index (Phi) is 4.73. The maximum Gasteiger partial charge on any atom is 0.128 e. The summed E-state index contributed by atoms with van der Waals surface area (Å²) in [7, 11) is 0. The van der Waals surface area contributed by atoms with Gasteiger partial charge < -0.3 is 5.32 Å². The van der Waals surface area contributed by atoms with E-state index in [2.05, 4.69) is 37.4 Å². The van der Waals surface area contributed by atoms with Crippen LogP contribution >= 0.6 is 0 Å². The minimum absolute atomic E-state index is 0.0567. The van der Waals surface area contributed by atoms with Gasteiger partial charge in [0.25, 0.3) is 0 Å². The van der Waals surface area contributed by atoms with E-state index in [1.54, 1.807) is 0 Å². The molecule has 0 aliphatic carbocycles. The third kappa shape index (κ3) is 3.88. The number of hydrogen-bond acceptors (Lipinski definition) is 1. The molecule has 0 saturated heterocycles. The normalized spacial score (nSPS) is 14.0. The van der Waals surface area contributed by atoms with E-state index in [9.17, 15) is 8.78 Å². The van der Waals surface area contributed by atoms with Crippen LogP contribution in [0.1, 0.15) is 48.2 Å². The van der Waals surface area contributed by atoms with Crippen molar-refractivity contribution in [2.24, 2.45) is 0 Å². The van der Waals surface area contributed by atoms with Crippen molar-refractivity contribution < 1.29 is 8.78 Å². The largest absolute Gasteiger partial charge is 0.304 e. The van der Waals surface area contributed by atoms with Gasteiger partial charge in [0.05, 0.1) is 0 Å². The van der Waals surface area contributed by atoms with Crippen LogP contribution in [0.25, 0.3) is 0 Å². The fourth-order valence-electron chi connectivity index (χ4n) is 2.67. The monoisotopic (exact) mass is 289 g/mol. The topological polar surface area (TPSA) is 12.0 Å². The Bertz CT molecular complexity index is 617. The van der Waals surface area contributed by atoms with Crippen molar-refractivity contribution in [2.45, 2.75) is 39.8 Å². The second kappa shape index (κ2) is 6.35. The van der Waals surface area contributed by atoms with Crippen molar-refractivity contribution in [1.29, 1.82) is 0 Å². The third-order valence-electron chi connectivity index (χ3n) is 3.67. The molecule has 0 aliphatic heterocycles. The van der Waals surface area contributed by atoms with Gasteiger partial charge in [-0.25, -0.2) is 8.78 Å². The first-order chi connectivity index (χ1) is 9.86. The second-order valence-electron chi connectivity index (χ2n) is 5.70. The van der Waals surface area contributed by atoms with Gasteiger partial charge in [-0.2, -0.15) is 0 Å². The summed E-state index contributed by atoms with van der Waals surface area (Å²) in [5.74, 6) is -0.803. The van der Waals surface area contributed by atoms with Crippen LogP contribution in [0.15, 0.2) is 36.4 Å². The fourth-order valence-corrected chi connectivity index (χ4v) is 2.67. The highest BCUT2D eigenvalue weighted by molar-refractivity contribution is 5.31. The van der Waals surface area contributed by atoms with E-state index in [1.165, 1.54) is 23.3 Å². The van der Waals surface area contributed by atoms with Crippen LogP contribution < -0.4 is 5.32 Å². The molecule has 0 spiro atoms. The molecule has 2 unspecified atom stereocenters. The van der Waals surface area contributed by atoms with E-state index in [0.29, 0.717) is 5.56 Å². The number of benzene rings is 2. The van der Waals surface area contributed by atoms with Gasteiger partial charge >= 0.3 is 0 Å². The standard InChI is InChI=1S/C18H21F2N/c1-11-7-12(2)9-15(8-11)13(3)21-14(4)17-10-16(19)5-6-18(17)20/h5-10,13-14,21H,1-4H3. The van der Waals surface area contributed by atoms with Crippen molar-refractivity contribution in [2.75, 3.05) is 0 Å². The third-order valence-corrected chi connectivity index (χ3v) is 3.67. The molecule has 0 radical (unpaired) electrons. The molecule has 0 saturated carbocycles. The summed E-state index contributed by atoms with van der Waals surface area (Å²) in [6, 6.07) is 9.69. The average Bonchev–Trinajstić information content (AvgIpc) is 2.40. The average molecular weight is 289 g/mol. The minimum Gasteiger partial charge on any atom is -0.304 e. The van der Waals surface area contributed by atoms with Crippen molar-refractivity contribution >= 4 is 0 Å². The molecule has 2 aromatic carbocycles. The molecule has 0 fully saturated rings. The zero-order valence-electron chi connectivity index (χ0n) is 12.9. The fraction of sp³-hybridized carbons (Fsp3) is 0.333. The maximum atomic E-state index is 13.8. The lowest BCUT2D eigenvalue weighted by atomic mass is 10.0. The first kappa shape index (κ1) is 15.6. The first-order valence-electron chi connectivity index (χ1n) is 7.16. The zero-order valence-corrected chi connectivity index (χ0v) is 12.9. The molecule has 0 amide bonds. The Hall–Kier alpha value is -1.74. The van der Waals surface area contributed by atoms with Crippen molar-refractivity contribution in [3.8, 4) is 0 Å². The summed E-state index contributed by atoms with van der Waals surface area (Å²) in [5, 5.41) is 3.33. The quantitative estimate of drug-likeness (QED) is 0.835. The Morgan fingerprint density at radius 2 is 1.48 bits per heavy atom. The molecule has 0 aliphatic rings. The van der Waals surface area contributed by atoms with E-state index in [0.717, 1.165) is 11.6 Å². The van der Waals surface area contributed by atoms with Crippen LogP contribution in [-0.4, -0.2) is 0 Å². The molecule has 2 aromatic rings. The number of aryl methyl sites for hydroxylation is 2. The molecular formula is C18H21F2N. The number of hydrogen-bond donors (Lipinski definition) is 1. The number of halogens is 2. The Morgan fingerprint density at radius 1 is 0.857 bits per heavy atom. The van der Waals surface area contributed by atoms with Crippen molar-refractivity contribution in [3.63, 3.8) is 0 Å². The molecule has 3 heteroatoms. The van der Waals surface area contributed by atoms with Crippen LogP contribution in [0, 0.1) is 25.5 Å². The van der Waals surface area contributed by atoms with E-state index in [4.69, 9.17) is 0 Å². The maximum absolute atomic E-state index is 13.8. The lowest BCUT2D eigenvalue weighted by Crippen LogP contribution is -2.23. The lowest BCUT2D eigenvalue weighted by Gasteiger charge is -2.22. The van der Waals surface area contributed by atoms with Crippen LogP contribution in [0.4, 0.5) is 8.78 Å². The van der Waals surface area contributed by atoms with Crippen LogP contribution in [0.2, 0.25) is 0 Å². The first-order valence-corrected chi connectivity index (χ1v) is 7.16. The molecule has 1 nitrogen and oxygen atoms in total. The summed E-state index contributed by atoms with van der Waals surface area (Å²) < 4.78 is 27.1. The highest BCUT2D eigenvalue weighted by Crippen LogP contribution is 2.23. The Balaban J connectivity index is 2.18. The predicted molar refractivity (Wildman–Crippen MR) is 82.2 cm³/mol. The summed E-state index contributed by atoms with van der Waals surface area (Å²) in [6.45, 7) is 7.98. The van der Waals surface area contributed by atoms with Gasteiger partial charge in [0.2, 0.25) is 0 Å². The van der Waals surface area contributed by atoms with E-state index in [-0.39, 0.29) is 17.9 Å². The highest BCUT2D eigenvalue weighted by atomic mass is 19.1. The Morgan fingerprint density at radius 3 is 2.10 bits per heavy atom. The molecule has 21 heavy (non-hydrogen) atoms. The number of rotatable bonds is 4. The van der Waals surface area contributed by atoms with Gasteiger partial charge in [-0.3, -0.25) is 0 Å². The van der Waals surface area contributed by atoms with E-state index in [1.807, 2.05) is 13.8 Å². The van der Waals surface area contributed by atoms with Crippen LogP contribution in [0.3, 0.4) is 0 Å². The molecule has 0 bridgehead atoms. The molecule has 2 rings (SSSR count). The van der Waals surface area contributed by atoms with Crippen LogP contribution in [-0.2, 0) is 0 Å². The molecule has 0 heterocycles. The van der Waals surface area contributed by atoms with E-state index >= 15 is 0 Å². The summed E-state index contributed by atoms with van der Waals surface area (Å²) in [6.07, 6.45) is 0. The van der Waals surface area contributed by atoms with Crippen molar-refractivity contribution in [3.05, 3.63) is 70.3 Å². The predicted octanol–water partition coefficient (Wildman–Crippen LogP) is 4.99. The zero-order chi connectivity index (χ0) is 15.6. The summed E-state index contributed by atoms with van der Waals surface area (Å²) >= 11 is 0. The number of nitrogens with one attached hydrogen (secondary N) is 1. The van der Waals surface area contributed by atoms with Gasteiger partial charge in [0.1, 0.15) is 11.6 Å². The van der Waals surface area contributed by atoms with Crippen molar-refractivity contribution in [1.82, 2.24) is 5.32 Å². The van der Waals surface area contributed by atoms with E-state index < -0.39 is 5.82 Å². The minimum atomic E-state index is -0.417. The molecule has 2 atom stereocenters. The SMILES string of the molecule is Cc1cc(C)cc(C(C)NC(C)c2cc(F)ccc2F)c1. The molecule has 1 N–H and O–H groups in total. The Labute approximate surface area is 125 Å². The lowest BCUT2D eigenvalue weighted by molar-refractivity contribution is 0.469. The smallest absolute Gasteiger partial charge is 0.128 e. The second-order valence-corrected chi connectivity index (χ2v) is 5.70. The van der Waals surface area contributed by atoms with Gasteiger partial charge in [-0.1, -0.05) is 29.3 Å². The van der Waals surface area contributed by atoms with Gasteiger partial charge in [-0.05, 0) is 51.5 Å². The molecular weight excluding hydrogens is 268 g/mol.